The Hall–Kier alpha value is -1.43. The van der Waals surface area contributed by atoms with Crippen molar-refractivity contribution in [2.75, 3.05) is 65.6 Å². The summed E-state index contributed by atoms with van der Waals surface area (Å²) in [6.07, 6.45) is 1.09. The molecule has 0 atom stereocenters. The lowest BCUT2D eigenvalue weighted by Gasteiger charge is -2.36. The molecular formula is C18H27N3O2. The zero-order chi connectivity index (χ0) is 15.9. The summed E-state index contributed by atoms with van der Waals surface area (Å²) < 4.78 is 5.33. The molecule has 2 aliphatic rings. The Balaban J connectivity index is 1.37. The lowest BCUT2D eigenvalue weighted by molar-refractivity contribution is -0.135. The van der Waals surface area contributed by atoms with Crippen LogP contribution < -0.4 is 0 Å². The van der Waals surface area contributed by atoms with Crippen molar-refractivity contribution >= 4 is 5.91 Å². The van der Waals surface area contributed by atoms with E-state index in [0.717, 1.165) is 65.4 Å². The van der Waals surface area contributed by atoms with E-state index in [1.165, 1.54) is 5.56 Å². The van der Waals surface area contributed by atoms with E-state index in [-0.39, 0.29) is 5.91 Å². The summed E-state index contributed by atoms with van der Waals surface area (Å²) >= 11 is 0. The first-order chi connectivity index (χ1) is 11.3. The largest absolute Gasteiger partial charge is 0.379 e. The maximum Gasteiger partial charge on any atom is 0.236 e. The van der Waals surface area contributed by atoms with E-state index < -0.39 is 0 Å². The van der Waals surface area contributed by atoms with Crippen molar-refractivity contribution in [1.82, 2.24) is 14.7 Å². The van der Waals surface area contributed by atoms with E-state index in [4.69, 9.17) is 4.74 Å². The number of carbonyl (C=O) groups excluding carboxylic acids is 1. The number of hydrogen-bond donors (Lipinski definition) is 0. The molecule has 0 aliphatic carbocycles. The summed E-state index contributed by atoms with van der Waals surface area (Å²) in [5.41, 5.74) is 1.39. The van der Waals surface area contributed by atoms with Crippen LogP contribution in [-0.4, -0.2) is 86.2 Å². The van der Waals surface area contributed by atoms with Crippen LogP contribution in [0.2, 0.25) is 0 Å². The maximum atomic E-state index is 12.4. The number of rotatable bonds is 5. The zero-order valence-corrected chi connectivity index (χ0v) is 13.8. The molecule has 2 fully saturated rings. The predicted molar refractivity (Wildman–Crippen MR) is 90.4 cm³/mol. The smallest absolute Gasteiger partial charge is 0.236 e. The molecule has 0 saturated carbocycles. The molecule has 2 aliphatic heterocycles. The van der Waals surface area contributed by atoms with Crippen molar-refractivity contribution in [3.05, 3.63) is 35.9 Å². The molecule has 1 aromatic rings. The van der Waals surface area contributed by atoms with E-state index in [1.54, 1.807) is 0 Å². The Kier molecular flexibility index (Phi) is 6.02. The van der Waals surface area contributed by atoms with E-state index in [1.807, 2.05) is 4.90 Å². The highest BCUT2D eigenvalue weighted by molar-refractivity contribution is 5.78. The quantitative estimate of drug-likeness (QED) is 0.801. The number of morpholine rings is 1. The molecule has 0 aromatic heterocycles. The highest BCUT2D eigenvalue weighted by Gasteiger charge is 2.23. The van der Waals surface area contributed by atoms with Gasteiger partial charge in [0.1, 0.15) is 0 Å². The monoisotopic (exact) mass is 317 g/mol. The fraction of sp³-hybridized carbons (Fsp3) is 0.611. The minimum absolute atomic E-state index is 0.273. The topological polar surface area (TPSA) is 36.0 Å². The third-order valence-corrected chi connectivity index (χ3v) is 4.75. The SMILES string of the molecule is O=C(CN1CCOCC1)N1CCN(CCc2ccccc2)CC1. The van der Waals surface area contributed by atoms with Gasteiger partial charge in [0.2, 0.25) is 5.91 Å². The van der Waals surface area contributed by atoms with Crippen LogP contribution in [0.3, 0.4) is 0 Å². The third kappa shape index (κ3) is 5.03. The molecule has 126 valence electrons. The maximum absolute atomic E-state index is 12.4. The molecule has 0 N–H and O–H groups in total. The fourth-order valence-corrected chi connectivity index (χ4v) is 3.20. The molecule has 0 unspecified atom stereocenters. The summed E-state index contributed by atoms with van der Waals surface area (Å²) in [5.74, 6) is 0.273. The molecule has 0 radical (unpaired) electrons. The molecule has 23 heavy (non-hydrogen) atoms. The van der Waals surface area contributed by atoms with Gasteiger partial charge in [-0.05, 0) is 12.0 Å². The Bertz CT molecular complexity index is 480. The van der Waals surface area contributed by atoms with Crippen molar-refractivity contribution in [3.63, 3.8) is 0 Å². The van der Waals surface area contributed by atoms with E-state index in [2.05, 4.69) is 40.1 Å². The molecule has 2 heterocycles. The third-order valence-electron chi connectivity index (χ3n) is 4.75. The molecule has 5 nitrogen and oxygen atoms in total. The summed E-state index contributed by atoms with van der Waals surface area (Å²) in [6, 6.07) is 10.6. The van der Waals surface area contributed by atoms with Gasteiger partial charge in [0.05, 0.1) is 19.8 Å². The Morgan fingerprint density at radius 2 is 1.61 bits per heavy atom. The minimum Gasteiger partial charge on any atom is -0.379 e. The van der Waals surface area contributed by atoms with Crippen molar-refractivity contribution in [2.45, 2.75) is 6.42 Å². The number of benzene rings is 1. The first-order valence-electron chi connectivity index (χ1n) is 8.65. The molecule has 0 spiro atoms. The predicted octanol–water partition coefficient (Wildman–Crippen LogP) is 0.706. The number of ether oxygens (including phenoxy) is 1. The van der Waals surface area contributed by atoms with Gasteiger partial charge in [-0.15, -0.1) is 0 Å². The summed E-state index contributed by atoms with van der Waals surface area (Å²) in [7, 11) is 0. The first kappa shape index (κ1) is 16.4. The molecule has 1 aromatic carbocycles. The van der Waals surface area contributed by atoms with Gasteiger partial charge >= 0.3 is 0 Å². The van der Waals surface area contributed by atoms with Gasteiger partial charge < -0.3 is 9.64 Å². The van der Waals surface area contributed by atoms with Gasteiger partial charge in [-0.25, -0.2) is 0 Å². The lowest BCUT2D eigenvalue weighted by atomic mass is 10.1. The van der Waals surface area contributed by atoms with Crippen LogP contribution in [0.5, 0.6) is 0 Å². The average Bonchev–Trinajstić information content (AvgIpc) is 2.62. The zero-order valence-electron chi connectivity index (χ0n) is 13.8. The van der Waals surface area contributed by atoms with E-state index in [0.29, 0.717) is 6.54 Å². The summed E-state index contributed by atoms with van der Waals surface area (Å²) in [4.78, 5) is 19.1. The standard InChI is InChI=1S/C18H27N3O2/c22-18(16-20-12-14-23-15-13-20)21-10-8-19(9-11-21)7-6-17-4-2-1-3-5-17/h1-5H,6-16H2. The number of amides is 1. The van der Waals surface area contributed by atoms with E-state index in [9.17, 15) is 4.79 Å². The van der Waals surface area contributed by atoms with Gasteiger partial charge in [0.15, 0.2) is 0 Å². The summed E-state index contributed by atoms with van der Waals surface area (Å²) in [6.45, 7) is 8.58. The number of nitrogens with zero attached hydrogens (tertiary/aromatic N) is 3. The van der Waals surface area contributed by atoms with Crippen LogP contribution in [0, 0.1) is 0 Å². The molecular weight excluding hydrogens is 290 g/mol. The molecule has 5 heteroatoms. The van der Waals surface area contributed by atoms with Gasteiger partial charge in [-0.1, -0.05) is 30.3 Å². The van der Waals surface area contributed by atoms with Crippen molar-refractivity contribution < 1.29 is 9.53 Å². The highest BCUT2D eigenvalue weighted by Crippen LogP contribution is 2.07. The van der Waals surface area contributed by atoms with E-state index >= 15 is 0 Å². The summed E-state index contributed by atoms with van der Waals surface area (Å²) in [5, 5.41) is 0. The number of hydrogen-bond acceptors (Lipinski definition) is 4. The highest BCUT2D eigenvalue weighted by atomic mass is 16.5. The van der Waals surface area contributed by atoms with Crippen LogP contribution in [0.25, 0.3) is 0 Å². The van der Waals surface area contributed by atoms with Crippen LogP contribution in [0.15, 0.2) is 30.3 Å². The fourth-order valence-electron chi connectivity index (χ4n) is 3.20. The molecule has 2 saturated heterocycles. The van der Waals surface area contributed by atoms with Gasteiger partial charge in [0, 0.05) is 45.8 Å². The molecule has 1 amide bonds. The average molecular weight is 317 g/mol. The van der Waals surface area contributed by atoms with Crippen molar-refractivity contribution in [3.8, 4) is 0 Å². The van der Waals surface area contributed by atoms with Gasteiger partial charge in [0.25, 0.3) is 0 Å². The van der Waals surface area contributed by atoms with Crippen LogP contribution in [0.1, 0.15) is 5.56 Å². The Morgan fingerprint density at radius 3 is 2.30 bits per heavy atom. The normalized spacial score (nSPS) is 20.6. The van der Waals surface area contributed by atoms with Crippen molar-refractivity contribution in [2.24, 2.45) is 0 Å². The van der Waals surface area contributed by atoms with Gasteiger partial charge in [-0.2, -0.15) is 0 Å². The van der Waals surface area contributed by atoms with Crippen molar-refractivity contribution in [1.29, 1.82) is 0 Å². The minimum atomic E-state index is 0.273. The second-order valence-electron chi connectivity index (χ2n) is 6.35. The lowest BCUT2D eigenvalue weighted by Crippen LogP contribution is -2.52. The van der Waals surface area contributed by atoms with Crippen LogP contribution >= 0.6 is 0 Å². The molecule has 0 bridgehead atoms. The number of carbonyl (C=O) groups is 1. The number of piperazine rings is 1. The van der Waals surface area contributed by atoms with Gasteiger partial charge in [-0.3, -0.25) is 14.6 Å². The second kappa shape index (κ2) is 8.43. The van der Waals surface area contributed by atoms with Crippen LogP contribution in [-0.2, 0) is 16.0 Å². The second-order valence-corrected chi connectivity index (χ2v) is 6.35. The molecule has 3 rings (SSSR count). The Morgan fingerprint density at radius 1 is 0.913 bits per heavy atom. The Labute approximate surface area is 138 Å². The van der Waals surface area contributed by atoms with Crippen LogP contribution in [0.4, 0.5) is 0 Å². The first-order valence-corrected chi connectivity index (χ1v) is 8.65.